The maximum atomic E-state index is 0. The Morgan fingerprint density at radius 3 is 1.00 bits per heavy atom. The molecule has 0 saturated heterocycles. The summed E-state index contributed by atoms with van der Waals surface area (Å²) >= 11 is 0. The van der Waals surface area contributed by atoms with Crippen molar-refractivity contribution in [2.75, 3.05) is 0 Å². The molecule has 1 nitrogen and oxygen atoms in total. The van der Waals surface area contributed by atoms with Gasteiger partial charge in [0.05, 0.1) is 0 Å². The van der Waals surface area contributed by atoms with E-state index in [4.69, 9.17) is 0 Å². The van der Waals surface area contributed by atoms with Crippen LogP contribution in [0.5, 0.6) is 0 Å². The van der Waals surface area contributed by atoms with Gasteiger partial charge in [-0.1, -0.05) is 0 Å². The van der Waals surface area contributed by atoms with Crippen LogP contribution in [0.1, 0.15) is 0 Å². The first-order chi connectivity index (χ1) is 0. The van der Waals surface area contributed by atoms with Gasteiger partial charge in [-0.2, -0.15) is 0 Å². The van der Waals surface area contributed by atoms with E-state index in [1.807, 2.05) is 0 Å². The van der Waals surface area contributed by atoms with E-state index in [1.54, 1.807) is 0 Å². The van der Waals surface area contributed by atoms with Crippen LogP contribution in [0.15, 0.2) is 0 Å². The molecule has 0 spiro atoms. The summed E-state index contributed by atoms with van der Waals surface area (Å²) in [5.41, 5.74) is 0. The summed E-state index contributed by atoms with van der Waals surface area (Å²) in [5, 5.41) is 0. The third-order valence-corrected chi connectivity index (χ3v) is 0. The van der Waals surface area contributed by atoms with Crippen LogP contribution in [-0.2, 0) is 33.9 Å². The average Bonchev–Trinajstić information content (AvgIpc) is 0. The largest absolute Gasteiger partial charge is 0.344 e. The molecule has 0 amide bonds. The first-order valence-electron chi connectivity index (χ1n) is 0. The Morgan fingerprint density at radius 1 is 1.00 bits per heavy atom. The van der Waals surface area contributed by atoms with E-state index in [1.165, 1.54) is 0 Å². The summed E-state index contributed by atoms with van der Waals surface area (Å²) in [6.45, 7) is 0. The Bertz CT molecular complexity index is 8.00. The van der Waals surface area contributed by atoms with Crippen LogP contribution in [0, 0.1) is 0 Å². The van der Waals surface area contributed by atoms with Gasteiger partial charge in [0, 0.05) is 33.9 Å². The third-order valence-electron chi connectivity index (χ3n) is 0. The summed E-state index contributed by atoms with van der Waals surface area (Å²) in [6, 6.07) is 0. The molecule has 0 aliphatic carbocycles. The second-order valence-corrected chi connectivity index (χ2v) is 0. The maximum absolute atomic E-state index is 0. The Labute approximate surface area is 62.7 Å². The smallest absolute Gasteiger partial charge is 0.316 e. The van der Waals surface area contributed by atoms with Gasteiger partial charge in [-0.3, -0.25) is 0 Å². The van der Waals surface area contributed by atoms with Crippen molar-refractivity contribution in [3.05, 3.63) is 0 Å². The van der Waals surface area contributed by atoms with E-state index in [2.05, 4.69) is 0 Å². The van der Waals surface area contributed by atoms with Gasteiger partial charge in [0.2, 0.25) is 0 Å². The molecule has 4 heteroatoms. The summed E-state index contributed by atoms with van der Waals surface area (Å²) in [5.74, 6) is 0. The topological polar surface area (TPSA) is 35.0 Å². The second kappa shape index (κ2) is 21.8. The molecule has 0 aromatic heterocycles. The molecule has 0 aromatic carbocycles. The fraction of sp³-hybridized carbons (Fsp3) is 0. The molecule has 0 aliphatic rings. The van der Waals surface area contributed by atoms with Crippen molar-refractivity contribution in [1.82, 2.24) is 6.15 Å². The molecule has 0 aromatic rings. The van der Waals surface area contributed by atoms with Gasteiger partial charge in [-0.05, 0) is 0 Å². The normalized spacial score (nSPS) is 0. The van der Waals surface area contributed by atoms with E-state index < -0.39 is 0 Å². The fourth-order valence-electron chi connectivity index (χ4n) is 0. The molecule has 0 radical (unpaired) electrons. The van der Waals surface area contributed by atoms with Crippen molar-refractivity contribution in [2.45, 2.75) is 0 Å². The van der Waals surface area contributed by atoms with Crippen LogP contribution in [0.4, 0.5) is 0 Å². The van der Waals surface area contributed by atoms with E-state index in [-0.39, 0.29) is 63.1 Å². The number of hydrogen-bond donors (Lipinski definition) is 1. The van der Waals surface area contributed by atoms with E-state index in [0.29, 0.717) is 0 Å². The van der Waals surface area contributed by atoms with Crippen LogP contribution in [-0.4, -0.2) is 23.1 Å². The zero-order chi connectivity index (χ0) is 0. The predicted molar refractivity (Wildman–Crippen MR) is 13.6 cm³/mol. The number of hydrogen-bond acceptors (Lipinski definition) is 1. The number of rotatable bonds is 0. The molecule has 0 aliphatic heterocycles. The molecular weight excluding hydrogens is 149 g/mol. The van der Waals surface area contributed by atoms with Crippen LogP contribution in [0.2, 0.25) is 0 Å². The standard InChI is InChI=1S/Cr.Mg.H3N.Ni.2H/h;;1H3;;;. The third kappa shape index (κ3) is 9.26. The molecule has 0 atom stereocenters. The maximum Gasteiger partial charge on any atom is 0.316 e. The zero-order valence-corrected chi connectivity index (χ0v) is 3.69. The van der Waals surface area contributed by atoms with Gasteiger partial charge in [0.15, 0.2) is 0 Å². The van der Waals surface area contributed by atoms with Crippen LogP contribution >= 0.6 is 0 Å². The minimum absolute atomic E-state index is 0. The average molecular weight is 154 g/mol. The molecule has 28 valence electrons. The van der Waals surface area contributed by atoms with Crippen LogP contribution in [0.3, 0.4) is 0 Å². The van der Waals surface area contributed by atoms with E-state index >= 15 is 0 Å². The minimum Gasteiger partial charge on any atom is -0.344 e. The van der Waals surface area contributed by atoms with Gasteiger partial charge in [0.25, 0.3) is 0 Å². The quantitative estimate of drug-likeness (QED) is 0.457. The van der Waals surface area contributed by atoms with E-state index in [0.717, 1.165) is 0 Å². The molecule has 0 bridgehead atoms. The Morgan fingerprint density at radius 2 is 1.00 bits per heavy atom. The van der Waals surface area contributed by atoms with Gasteiger partial charge >= 0.3 is 23.1 Å². The van der Waals surface area contributed by atoms with Gasteiger partial charge in [-0.15, -0.1) is 0 Å². The monoisotopic (exact) mass is 153 g/mol. The Kier molecular flexibility index (Phi) is 231. The SMILES string of the molecule is N.[Cr].[MgH2].[Ni]. The van der Waals surface area contributed by atoms with Gasteiger partial charge in [-0.25, -0.2) is 0 Å². The predicted octanol–water partition coefficient (Wildman–Crippen LogP) is -0.759. The van der Waals surface area contributed by atoms with Gasteiger partial charge in [0.1, 0.15) is 0 Å². The molecule has 0 heterocycles. The molecule has 4 heavy (non-hydrogen) atoms. The van der Waals surface area contributed by atoms with Crippen molar-refractivity contribution in [3.8, 4) is 0 Å². The molecule has 0 fully saturated rings. The fourth-order valence-corrected chi connectivity index (χ4v) is 0. The molecular formula is H5CrMgNNi. The molecule has 3 N–H and O–H groups in total. The molecule has 0 rings (SSSR count). The zero-order valence-electron chi connectivity index (χ0n) is 1.43. The molecule has 0 unspecified atom stereocenters. The summed E-state index contributed by atoms with van der Waals surface area (Å²) in [7, 11) is 0. The van der Waals surface area contributed by atoms with Crippen molar-refractivity contribution >= 4 is 23.1 Å². The van der Waals surface area contributed by atoms with Crippen molar-refractivity contribution in [1.29, 1.82) is 0 Å². The van der Waals surface area contributed by atoms with Gasteiger partial charge < -0.3 is 6.15 Å². The first kappa shape index (κ1) is 42.3. The van der Waals surface area contributed by atoms with Crippen molar-refractivity contribution < 1.29 is 33.9 Å². The minimum atomic E-state index is 0. The molecule has 0 saturated carbocycles. The van der Waals surface area contributed by atoms with Crippen molar-refractivity contribution in [2.24, 2.45) is 0 Å². The van der Waals surface area contributed by atoms with Crippen LogP contribution < -0.4 is 6.15 Å². The van der Waals surface area contributed by atoms with Crippen LogP contribution in [0.25, 0.3) is 0 Å². The van der Waals surface area contributed by atoms with Crippen molar-refractivity contribution in [3.63, 3.8) is 0 Å². The Hall–Kier alpha value is 1.75. The van der Waals surface area contributed by atoms with E-state index in [9.17, 15) is 0 Å². The first-order valence-corrected chi connectivity index (χ1v) is 0. The summed E-state index contributed by atoms with van der Waals surface area (Å²) < 4.78 is 0. The summed E-state index contributed by atoms with van der Waals surface area (Å²) in [4.78, 5) is 0. The second-order valence-electron chi connectivity index (χ2n) is 0. The summed E-state index contributed by atoms with van der Waals surface area (Å²) in [6.07, 6.45) is 0. The Balaban J connectivity index is 0.